The molecule has 4 nitrogen and oxygen atoms in total. The fraction of sp³-hybridized carbons (Fsp3) is 0.889. The van der Waals surface area contributed by atoms with E-state index in [9.17, 15) is 0 Å². The zero-order chi connectivity index (χ0) is 9.68. The number of rotatable bonds is 3. The minimum atomic E-state index is 0.156. The maximum atomic E-state index is 8.48. The lowest BCUT2D eigenvalue weighted by atomic mass is 10.1. The summed E-state index contributed by atoms with van der Waals surface area (Å²) in [7, 11) is 0. The van der Waals surface area contributed by atoms with Gasteiger partial charge in [-0.3, -0.25) is 0 Å². The van der Waals surface area contributed by atoms with Gasteiger partial charge in [-0.25, -0.2) is 0 Å². The molecule has 0 radical (unpaired) electrons. The number of nitrogens with zero attached hydrogens (tertiary/aromatic N) is 2. The Morgan fingerprint density at radius 1 is 1.46 bits per heavy atom. The molecular formula is C9H19N3O. The summed E-state index contributed by atoms with van der Waals surface area (Å²) in [6.45, 7) is 5.21. The molecule has 0 aromatic rings. The standard InChI is InChI=1S/C9H19N3O/c1-8(9(10)11-13)7-12-5-3-2-4-6-12/h8,13H,2-7H2,1H3,(H2,10,11). The van der Waals surface area contributed by atoms with E-state index in [1.807, 2.05) is 6.92 Å². The van der Waals surface area contributed by atoms with E-state index in [2.05, 4.69) is 10.1 Å². The Hall–Kier alpha value is -0.770. The Morgan fingerprint density at radius 2 is 2.08 bits per heavy atom. The summed E-state index contributed by atoms with van der Waals surface area (Å²) >= 11 is 0. The smallest absolute Gasteiger partial charge is 0.143 e. The lowest BCUT2D eigenvalue weighted by Gasteiger charge is -2.28. The summed E-state index contributed by atoms with van der Waals surface area (Å²) in [5.41, 5.74) is 5.51. The van der Waals surface area contributed by atoms with Gasteiger partial charge in [0.1, 0.15) is 5.84 Å². The van der Waals surface area contributed by atoms with Gasteiger partial charge in [-0.05, 0) is 25.9 Å². The van der Waals surface area contributed by atoms with Gasteiger partial charge in [-0.15, -0.1) is 0 Å². The zero-order valence-electron chi connectivity index (χ0n) is 8.24. The number of oxime groups is 1. The van der Waals surface area contributed by atoms with Crippen molar-refractivity contribution in [2.24, 2.45) is 16.8 Å². The summed E-state index contributed by atoms with van der Waals surface area (Å²) in [5.74, 6) is 0.494. The number of hydrogen-bond donors (Lipinski definition) is 2. The summed E-state index contributed by atoms with van der Waals surface area (Å²) in [6, 6.07) is 0. The highest BCUT2D eigenvalue weighted by molar-refractivity contribution is 5.82. The molecule has 1 fully saturated rings. The molecule has 0 aromatic heterocycles. The molecule has 1 saturated heterocycles. The average Bonchev–Trinajstić information content (AvgIpc) is 2.18. The first kappa shape index (κ1) is 10.3. The molecule has 0 aliphatic carbocycles. The van der Waals surface area contributed by atoms with E-state index in [0.29, 0.717) is 5.84 Å². The molecule has 1 unspecified atom stereocenters. The van der Waals surface area contributed by atoms with Gasteiger partial charge in [0.15, 0.2) is 0 Å². The van der Waals surface area contributed by atoms with E-state index in [1.165, 1.54) is 19.3 Å². The lowest BCUT2D eigenvalue weighted by Crippen LogP contribution is -2.37. The third-order valence-electron chi connectivity index (χ3n) is 2.60. The Bertz CT molecular complexity index is 176. The van der Waals surface area contributed by atoms with E-state index in [1.54, 1.807) is 0 Å². The predicted molar refractivity (Wildman–Crippen MR) is 52.9 cm³/mol. The number of amidine groups is 1. The van der Waals surface area contributed by atoms with E-state index >= 15 is 0 Å². The van der Waals surface area contributed by atoms with Crippen LogP contribution in [0.25, 0.3) is 0 Å². The second kappa shape index (κ2) is 5.07. The maximum Gasteiger partial charge on any atom is 0.143 e. The van der Waals surface area contributed by atoms with Crippen molar-refractivity contribution in [2.75, 3.05) is 19.6 Å². The van der Waals surface area contributed by atoms with E-state index in [4.69, 9.17) is 10.9 Å². The number of piperidine rings is 1. The first-order chi connectivity index (χ1) is 6.24. The van der Waals surface area contributed by atoms with E-state index in [-0.39, 0.29) is 5.92 Å². The number of nitrogens with two attached hydrogens (primary N) is 1. The molecule has 13 heavy (non-hydrogen) atoms. The highest BCUT2D eigenvalue weighted by atomic mass is 16.4. The highest BCUT2D eigenvalue weighted by Gasteiger charge is 2.15. The molecule has 0 saturated carbocycles. The molecule has 0 bridgehead atoms. The van der Waals surface area contributed by atoms with Crippen molar-refractivity contribution in [3.8, 4) is 0 Å². The monoisotopic (exact) mass is 185 g/mol. The van der Waals surface area contributed by atoms with Crippen LogP contribution in [0.2, 0.25) is 0 Å². The molecule has 1 atom stereocenters. The summed E-state index contributed by atoms with van der Waals surface area (Å²) in [4.78, 5) is 2.38. The van der Waals surface area contributed by atoms with Gasteiger partial charge in [-0.1, -0.05) is 18.5 Å². The average molecular weight is 185 g/mol. The van der Waals surface area contributed by atoms with Crippen molar-refractivity contribution in [1.29, 1.82) is 0 Å². The predicted octanol–water partition coefficient (Wildman–Crippen LogP) is 0.855. The van der Waals surface area contributed by atoms with Crippen LogP contribution in [-0.2, 0) is 0 Å². The Kier molecular flexibility index (Phi) is 4.02. The molecule has 1 heterocycles. The molecule has 0 spiro atoms. The van der Waals surface area contributed by atoms with Crippen LogP contribution in [0.3, 0.4) is 0 Å². The van der Waals surface area contributed by atoms with Crippen LogP contribution in [0.4, 0.5) is 0 Å². The normalized spacial score (nSPS) is 23.0. The van der Waals surface area contributed by atoms with Gasteiger partial charge < -0.3 is 15.8 Å². The fourth-order valence-corrected chi connectivity index (χ4v) is 1.72. The molecule has 76 valence electrons. The van der Waals surface area contributed by atoms with Crippen LogP contribution in [-0.4, -0.2) is 35.6 Å². The van der Waals surface area contributed by atoms with Gasteiger partial charge in [0, 0.05) is 12.5 Å². The summed E-state index contributed by atoms with van der Waals surface area (Å²) in [5, 5.41) is 11.5. The highest BCUT2D eigenvalue weighted by Crippen LogP contribution is 2.10. The van der Waals surface area contributed by atoms with E-state index in [0.717, 1.165) is 19.6 Å². The quantitative estimate of drug-likeness (QED) is 0.296. The topological polar surface area (TPSA) is 61.8 Å². The molecule has 1 aliphatic rings. The Labute approximate surface area is 79.4 Å². The number of hydrogen-bond acceptors (Lipinski definition) is 3. The summed E-state index contributed by atoms with van der Waals surface area (Å²) in [6.07, 6.45) is 3.90. The van der Waals surface area contributed by atoms with Gasteiger partial charge in [-0.2, -0.15) is 0 Å². The zero-order valence-corrected chi connectivity index (χ0v) is 8.24. The molecule has 0 aromatic carbocycles. The van der Waals surface area contributed by atoms with Crippen molar-refractivity contribution in [2.45, 2.75) is 26.2 Å². The van der Waals surface area contributed by atoms with Crippen LogP contribution in [0.5, 0.6) is 0 Å². The maximum absolute atomic E-state index is 8.48. The van der Waals surface area contributed by atoms with Crippen LogP contribution in [0.15, 0.2) is 5.16 Å². The molecule has 0 amide bonds. The minimum Gasteiger partial charge on any atom is -0.409 e. The first-order valence-electron chi connectivity index (χ1n) is 4.94. The van der Waals surface area contributed by atoms with Crippen molar-refractivity contribution in [3.05, 3.63) is 0 Å². The van der Waals surface area contributed by atoms with Crippen molar-refractivity contribution < 1.29 is 5.21 Å². The van der Waals surface area contributed by atoms with Crippen LogP contribution in [0, 0.1) is 5.92 Å². The fourth-order valence-electron chi connectivity index (χ4n) is 1.72. The second-order valence-corrected chi connectivity index (χ2v) is 3.79. The van der Waals surface area contributed by atoms with E-state index < -0.39 is 0 Å². The van der Waals surface area contributed by atoms with Crippen molar-refractivity contribution >= 4 is 5.84 Å². The molecular weight excluding hydrogens is 166 g/mol. The third-order valence-corrected chi connectivity index (χ3v) is 2.60. The SMILES string of the molecule is CC(CN1CCCCC1)/C(N)=N/O. The van der Waals surface area contributed by atoms with Gasteiger partial charge in [0.05, 0.1) is 0 Å². The van der Waals surface area contributed by atoms with Crippen molar-refractivity contribution in [3.63, 3.8) is 0 Å². The van der Waals surface area contributed by atoms with Gasteiger partial charge in [0.25, 0.3) is 0 Å². The minimum absolute atomic E-state index is 0.156. The largest absolute Gasteiger partial charge is 0.409 e. The first-order valence-corrected chi connectivity index (χ1v) is 4.94. The molecule has 1 rings (SSSR count). The molecule has 3 N–H and O–H groups in total. The van der Waals surface area contributed by atoms with Gasteiger partial charge >= 0.3 is 0 Å². The van der Waals surface area contributed by atoms with Gasteiger partial charge in [0.2, 0.25) is 0 Å². The second-order valence-electron chi connectivity index (χ2n) is 3.79. The Balaban J connectivity index is 2.30. The van der Waals surface area contributed by atoms with Crippen molar-refractivity contribution in [1.82, 2.24) is 4.90 Å². The third kappa shape index (κ3) is 3.22. The van der Waals surface area contributed by atoms with Crippen LogP contribution in [0.1, 0.15) is 26.2 Å². The van der Waals surface area contributed by atoms with Crippen LogP contribution < -0.4 is 5.73 Å². The number of likely N-dealkylation sites (tertiary alicyclic amines) is 1. The summed E-state index contributed by atoms with van der Waals surface area (Å²) < 4.78 is 0. The molecule has 1 aliphatic heterocycles. The Morgan fingerprint density at radius 3 is 2.62 bits per heavy atom. The lowest BCUT2D eigenvalue weighted by molar-refractivity contribution is 0.214. The molecule has 4 heteroatoms. The van der Waals surface area contributed by atoms with Crippen LogP contribution >= 0.6 is 0 Å².